The van der Waals surface area contributed by atoms with Gasteiger partial charge in [-0.15, -0.1) is 0 Å². The zero-order chi connectivity index (χ0) is 17.3. The molecule has 2 aliphatic heterocycles. The Kier molecular flexibility index (Phi) is 4.83. The van der Waals surface area contributed by atoms with E-state index < -0.39 is 0 Å². The molecule has 3 fully saturated rings. The van der Waals surface area contributed by atoms with E-state index in [0.29, 0.717) is 11.9 Å². The Bertz CT molecular complexity index is 590. The van der Waals surface area contributed by atoms with Crippen LogP contribution in [0.4, 0.5) is 0 Å². The fraction of sp³-hybridized carbons (Fsp3) is 0.667. The van der Waals surface area contributed by atoms with Crippen molar-refractivity contribution in [2.75, 3.05) is 46.3 Å². The monoisotopic (exact) mass is 341 g/mol. The van der Waals surface area contributed by atoms with Gasteiger partial charge in [-0.25, -0.2) is 0 Å². The molecule has 0 radical (unpaired) electrons. The molecule has 1 aromatic rings. The van der Waals surface area contributed by atoms with Crippen LogP contribution < -0.4 is 0 Å². The molecule has 0 N–H and O–H groups in total. The quantitative estimate of drug-likeness (QED) is 0.841. The highest BCUT2D eigenvalue weighted by atomic mass is 16.2. The molecular weight excluding hydrogens is 310 g/mol. The van der Waals surface area contributed by atoms with Crippen LogP contribution in [-0.2, 0) is 10.2 Å². The fourth-order valence-corrected chi connectivity index (χ4v) is 4.62. The standard InChI is InChI=1S/C21H31N3O/c1-22-12-6-5-9-19(22)17-23-13-15-24(16-14-23)20(25)21(10-11-21)18-7-3-2-4-8-18/h2-4,7-8,19H,5-6,9-17H2,1H3/t19-/m1/s1. The molecule has 0 spiro atoms. The molecule has 136 valence electrons. The Morgan fingerprint density at radius 1 is 1.04 bits per heavy atom. The van der Waals surface area contributed by atoms with Gasteiger partial charge in [0.05, 0.1) is 5.41 Å². The van der Waals surface area contributed by atoms with Gasteiger partial charge in [0, 0.05) is 38.8 Å². The third-order valence-corrected chi connectivity index (χ3v) is 6.54. The van der Waals surface area contributed by atoms with Crippen LogP contribution in [0.5, 0.6) is 0 Å². The summed E-state index contributed by atoms with van der Waals surface area (Å²) in [5.41, 5.74) is 1.01. The molecule has 4 rings (SSSR count). The van der Waals surface area contributed by atoms with Gasteiger partial charge in [-0.05, 0) is 44.8 Å². The SMILES string of the molecule is CN1CCCC[C@@H]1CN1CCN(C(=O)C2(c3ccccc3)CC2)CC1. The van der Waals surface area contributed by atoms with E-state index in [2.05, 4.69) is 46.0 Å². The van der Waals surface area contributed by atoms with Crippen molar-refractivity contribution in [3.63, 3.8) is 0 Å². The topological polar surface area (TPSA) is 26.8 Å². The van der Waals surface area contributed by atoms with Crippen LogP contribution in [0.25, 0.3) is 0 Å². The first-order chi connectivity index (χ1) is 12.2. The highest BCUT2D eigenvalue weighted by molar-refractivity contribution is 5.91. The van der Waals surface area contributed by atoms with Crippen LogP contribution in [-0.4, -0.2) is 73.0 Å². The zero-order valence-electron chi connectivity index (χ0n) is 15.5. The molecule has 2 heterocycles. The van der Waals surface area contributed by atoms with Crippen LogP contribution in [0.1, 0.15) is 37.7 Å². The third kappa shape index (κ3) is 3.47. The molecule has 1 atom stereocenters. The summed E-state index contributed by atoms with van der Waals surface area (Å²) in [7, 11) is 2.26. The Balaban J connectivity index is 1.32. The van der Waals surface area contributed by atoms with E-state index in [1.807, 2.05) is 6.07 Å². The van der Waals surface area contributed by atoms with E-state index in [9.17, 15) is 4.79 Å². The molecule has 0 bridgehead atoms. The van der Waals surface area contributed by atoms with Crippen molar-refractivity contribution in [2.24, 2.45) is 0 Å². The second kappa shape index (κ2) is 7.08. The minimum atomic E-state index is -0.201. The molecule has 1 aromatic carbocycles. The predicted molar refractivity (Wildman–Crippen MR) is 101 cm³/mol. The lowest BCUT2D eigenvalue weighted by Crippen LogP contribution is -2.54. The number of piperazine rings is 1. The summed E-state index contributed by atoms with van der Waals surface area (Å²) in [6, 6.07) is 11.1. The highest BCUT2D eigenvalue weighted by Crippen LogP contribution is 2.49. The minimum absolute atomic E-state index is 0.201. The fourth-order valence-electron chi connectivity index (χ4n) is 4.62. The summed E-state index contributed by atoms with van der Waals surface area (Å²) in [6.07, 6.45) is 6.07. The molecule has 0 unspecified atom stereocenters. The number of nitrogens with zero attached hydrogens (tertiary/aromatic N) is 3. The molecule has 1 saturated carbocycles. The van der Waals surface area contributed by atoms with Gasteiger partial charge in [-0.2, -0.15) is 0 Å². The second-order valence-electron chi connectivity index (χ2n) is 8.17. The Hall–Kier alpha value is -1.39. The summed E-state index contributed by atoms with van der Waals surface area (Å²) in [5.74, 6) is 0.369. The van der Waals surface area contributed by atoms with E-state index in [-0.39, 0.29) is 5.41 Å². The maximum atomic E-state index is 13.1. The minimum Gasteiger partial charge on any atom is -0.339 e. The van der Waals surface area contributed by atoms with Crippen LogP contribution in [0.2, 0.25) is 0 Å². The first-order valence-electron chi connectivity index (χ1n) is 9.96. The molecule has 4 heteroatoms. The average molecular weight is 341 g/mol. The normalized spacial score (nSPS) is 27.2. The molecule has 4 nitrogen and oxygen atoms in total. The van der Waals surface area contributed by atoms with Gasteiger partial charge >= 0.3 is 0 Å². The van der Waals surface area contributed by atoms with Crippen molar-refractivity contribution in [1.82, 2.24) is 14.7 Å². The zero-order valence-corrected chi connectivity index (χ0v) is 15.5. The van der Waals surface area contributed by atoms with Crippen LogP contribution in [0, 0.1) is 0 Å². The van der Waals surface area contributed by atoms with Crippen LogP contribution in [0.3, 0.4) is 0 Å². The van der Waals surface area contributed by atoms with Crippen LogP contribution in [0.15, 0.2) is 30.3 Å². The number of hydrogen-bond acceptors (Lipinski definition) is 3. The van der Waals surface area contributed by atoms with E-state index >= 15 is 0 Å². The molecule has 25 heavy (non-hydrogen) atoms. The number of amides is 1. The summed E-state index contributed by atoms with van der Waals surface area (Å²) < 4.78 is 0. The van der Waals surface area contributed by atoms with Gasteiger partial charge in [-0.3, -0.25) is 9.69 Å². The van der Waals surface area contributed by atoms with Gasteiger partial charge in [-0.1, -0.05) is 36.8 Å². The van der Waals surface area contributed by atoms with Crippen molar-refractivity contribution < 1.29 is 4.79 Å². The summed E-state index contributed by atoms with van der Waals surface area (Å²) in [4.78, 5) is 20.3. The second-order valence-corrected chi connectivity index (χ2v) is 8.17. The maximum absolute atomic E-state index is 13.1. The Labute approximate surface area is 151 Å². The smallest absolute Gasteiger partial charge is 0.233 e. The number of piperidine rings is 1. The summed E-state index contributed by atoms with van der Waals surface area (Å²) >= 11 is 0. The molecule has 3 aliphatic rings. The molecule has 1 aliphatic carbocycles. The van der Waals surface area contributed by atoms with Gasteiger partial charge in [0.2, 0.25) is 5.91 Å². The summed E-state index contributed by atoms with van der Waals surface area (Å²) in [6.45, 7) is 6.25. The molecule has 0 aromatic heterocycles. The Morgan fingerprint density at radius 2 is 1.76 bits per heavy atom. The number of likely N-dealkylation sites (N-methyl/N-ethyl adjacent to an activating group) is 1. The predicted octanol–water partition coefficient (Wildman–Crippen LogP) is 2.35. The van der Waals surface area contributed by atoms with Crippen molar-refractivity contribution in [2.45, 2.75) is 43.6 Å². The van der Waals surface area contributed by atoms with Gasteiger partial charge < -0.3 is 9.80 Å². The average Bonchev–Trinajstić information content (AvgIpc) is 3.46. The van der Waals surface area contributed by atoms with Crippen molar-refractivity contribution in [3.05, 3.63) is 35.9 Å². The molecule has 1 amide bonds. The number of benzene rings is 1. The molecule has 2 saturated heterocycles. The number of hydrogen-bond donors (Lipinski definition) is 0. The lowest BCUT2D eigenvalue weighted by molar-refractivity contribution is -0.135. The van der Waals surface area contributed by atoms with Crippen molar-refractivity contribution >= 4 is 5.91 Å². The lowest BCUT2D eigenvalue weighted by atomic mass is 9.94. The largest absolute Gasteiger partial charge is 0.339 e. The summed E-state index contributed by atoms with van der Waals surface area (Å²) in [5, 5.41) is 0. The lowest BCUT2D eigenvalue weighted by Gasteiger charge is -2.41. The Morgan fingerprint density at radius 3 is 2.40 bits per heavy atom. The van der Waals surface area contributed by atoms with Crippen molar-refractivity contribution in [3.8, 4) is 0 Å². The van der Waals surface area contributed by atoms with Gasteiger partial charge in [0.1, 0.15) is 0 Å². The third-order valence-electron chi connectivity index (χ3n) is 6.54. The van der Waals surface area contributed by atoms with Crippen LogP contribution >= 0.6 is 0 Å². The number of carbonyl (C=O) groups is 1. The highest BCUT2D eigenvalue weighted by Gasteiger charge is 2.53. The van der Waals surface area contributed by atoms with E-state index in [1.165, 1.54) is 37.9 Å². The molecular formula is C21H31N3O. The van der Waals surface area contributed by atoms with E-state index in [0.717, 1.165) is 39.0 Å². The van der Waals surface area contributed by atoms with Gasteiger partial charge in [0.15, 0.2) is 0 Å². The first-order valence-corrected chi connectivity index (χ1v) is 9.96. The first kappa shape index (κ1) is 17.0. The number of rotatable bonds is 4. The van der Waals surface area contributed by atoms with Gasteiger partial charge in [0.25, 0.3) is 0 Å². The van der Waals surface area contributed by atoms with Crippen molar-refractivity contribution in [1.29, 1.82) is 0 Å². The number of carbonyl (C=O) groups excluding carboxylic acids is 1. The number of likely N-dealkylation sites (tertiary alicyclic amines) is 1. The van der Waals surface area contributed by atoms with E-state index in [1.54, 1.807) is 0 Å². The van der Waals surface area contributed by atoms with E-state index in [4.69, 9.17) is 0 Å². The maximum Gasteiger partial charge on any atom is 0.233 e.